The number of halogens is 3. The molecule has 28 heavy (non-hydrogen) atoms. The first-order chi connectivity index (χ1) is 13.4. The number of thioether (sulfide) groups is 1. The lowest BCUT2D eigenvalue weighted by Gasteiger charge is -2.14. The van der Waals surface area contributed by atoms with Crippen LogP contribution in [0.4, 0.5) is 5.69 Å². The largest absolute Gasteiger partial charge is 0.489 e. The summed E-state index contributed by atoms with van der Waals surface area (Å²) in [6.45, 7) is 4.03. The van der Waals surface area contributed by atoms with E-state index in [0.717, 1.165) is 12.0 Å². The zero-order valence-corrected chi connectivity index (χ0v) is 18.2. The van der Waals surface area contributed by atoms with Gasteiger partial charge in [0, 0.05) is 0 Å². The van der Waals surface area contributed by atoms with Gasteiger partial charge in [0.05, 0.1) is 31.8 Å². The van der Waals surface area contributed by atoms with E-state index in [9.17, 15) is 4.79 Å². The van der Waals surface area contributed by atoms with Crippen LogP contribution in [0.25, 0.3) is 6.08 Å². The van der Waals surface area contributed by atoms with Crippen molar-refractivity contribution in [2.24, 2.45) is 4.99 Å². The van der Waals surface area contributed by atoms with Gasteiger partial charge in [-0.15, -0.1) is 0 Å². The molecule has 1 N–H and O–H groups in total. The van der Waals surface area contributed by atoms with Gasteiger partial charge in [-0.05, 0) is 67.1 Å². The fourth-order valence-corrected chi connectivity index (χ4v) is 3.67. The molecule has 146 valence electrons. The Labute approximate surface area is 182 Å². The van der Waals surface area contributed by atoms with Crippen LogP contribution in [0.1, 0.15) is 25.8 Å². The van der Waals surface area contributed by atoms with Crippen molar-refractivity contribution in [3.8, 4) is 5.75 Å². The quantitative estimate of drug-likeness (QED) is 0.509. The van der Waals surface area contributed by atoms with Crippen LogP contribution in [0.2, 0.25) is 15.1 Å². The monoisotopic (exact) mass is 454 g/mol. The third-order valence-electron chi connectivity index (χ3n) is 3.94. The van der Waals surface area contributed by atoms with Crippen molar-refractivity contribution in [1.82, 2.24) is 5.32 Å². The average molecular weight is 456 g/mol. The number of rotatable bonds is 5. The zero-order chi connectivity index (χ0) is 20.3. The predicted molar refractivity (Wildman–Crippen MR) is 119 cm³/mol. The number of carbonyl (C=O) groups excluding carboxylic acids is 1. The molecule has 1 fully saturated rings. The molecule has 1 heterocycles. The van der Waals surface area contributed by atoms with E-state index in [1.165, 1.54) is 11.8 Å². The molecule has 0 aromatic heterocycles. The van der Waals surface area contributed by atoms with Crippen LogP contribution in [-0.2, 0) is 4.79 Å². The topological polar surface area (TPSA) is 50.7 Å². The molecule has 3 rings (SSSR count). The average Bonchev–Trinajstić information content (AvgIpc) is 2.99. The number of amides is 1. The summed E-state index contributed by atoms with van der Waals surface area (Å²) in [5.74, 6) is 0.406. The van der Waals surface area contributed by atoms with Gasteiger partial charge in [-0.1, -0.05) is 47.8 Å². The second kappa shape index (κ2) is 9.23. The van der Waals surface area contributed by atoms with Crippen LogP contribution in [0, 0.1) is 0 Å². The van der Waals surface area contributed by atoms with Crippen LogP contribution < -0.4 is 10.1 Å². The Balaban J connectivity index is 1.77. The molecule has 0 spiro atoms. The smallest absolute Gasteiger partial charge is 0.264 e. The van der Waals surface area contributed by atoms with Crippen molar-refractivity contribution >= 4 is 69.4 Å². The van der Waals surface area contributed by atoms with Crippen LogP contribution >= 0.6 is 46.6 Å². The number of nitrogens with zero attached hydrogens (tertiary/aromatic N) is 1. The van der Waals surface area contributed by atoms with Gasteiger partial charge in [0.1, 0.15) is 5.75 Å². The minimum absolute atomic E-state index is 0.0815. The molecule has 8 heteroatoms. The van der Waals surface area contributed by atoms with E-state index in [1.807, 2.05) is 26.0 Å². The first-order valence-corrected chi connectivity index (χ1v) is 10.5. The molecule has 2 aromatic carbocycles. The highest BCUT2D eigenvalue weighted by atomic mass is 35.5. The van der Waals surface area contributed by atoms with Gasteiger partial charge in [-0.2, -0.15) is 0 Å². The molecule has 1 atom stereocenters. The van der Waals surface area contributed by atoms with Crippen LogP contribution in [0.3, 0.4) is 0 Å². The molecule has 4 nitrogen and oxygen atoms in total. The van der Waals surface area contributed by atoms with Gasteiger partial charge in [-0.25, -0.2) is 4.99 Å². The number of benzene rings is 2. The summed E-state index contributed by atoms with van der Waals surface area (Å²) in [5.41, 5.74) is 1.41. The van der Waals surface area contributed by atoms with Gasteiger partial charge >= 0.3 is 0 Å². The Kier molecular flexibility index (Phi) is 6.94. The van der Waals surface area contributed by atoms with E-state index in [4.69, 9.17) is 39.5 Å². The molecule has 2 aromatic rings. The highest BCUT2D eigenvalue weighted by Gasteiger charge is 2.24. The molecule has 1 saturated heterocycles. The lowest BCUT2D eigenvalue weighted by atomic mass is 10.2. The van der Waals surface area contributed by atoms with E-state index >= 15 is 0 Å². The van der Waals surface area contributed by atoms with Crippen molar-refractivity contribution in [3.63, 3.8) is 0 Å². The molecule has 0 unspecified atom stereocenters. The minimum Gasteiger partial charge on any atom is -0.489 e. The van der Waals surface area contributed by atoms with Crippen LogP contribution in [-0.4, -0.2) is 17.2 Å². The first-order valence-electron chi connectivity index (χ1n) is 8.56. The molecule has 1 aliphatic heterocycles. The highest BCUT2D eigenvalue weighted by Crippen LogP contribution is 2.32. The molecule has 0 saturated carbocycles. The standard InChI is InChI=1S/C20H17Cl3N2O2S/c1-3-11(2)27-17-7-4-12(8-16(17)23)9-18-19(26)25-20(28-18)24-13-5-6-14(21)15(22)10-13/h4-11H,3H2,1-2H3,(H,24,25,26)/b18-9-/t11-/m0/s1. The summed E-state index contributed by atoms with van der Waals surface area (Å²) in [6, 6.07) is 10.5. The fraction of sp³-hybridized carbons (Fsp3) is 0.200. The first kappa shape index (κ1) is 21.1. The Morgan fingerprint density at radius 1 is 1.14 bits per heavy atom. The molecule has 0 bridgehead atoms. The summed E-state index contributed by atoms with van der Waals surface area (Å²) >= 11 is 19.5. The minimum atomic E-state index is -0.222. The van der Waals surface area contributed by atoms with Crippen molar-refractivity contribution in [2.75, 3.05) is 0 Å². The van der Waals surface area contributed by atoms with Crippen molar-refractivity contribution < 1.29 is 9.53 Å². The molecule has 1 amide bonds. The number of ether oxygens (including phenoxy) is 1. The second-order valence-corrected chi connectivity index (χ2v) is 8.36. The van der Waals surface area contributed by atoms with E-state index in [1.54, 1.807) is 30.3 Å². The Bertz CT molecular complexity index is 976. The Morgan fingerprint density at radius 2 is 1.93 bits per heavy atom. The number of amidine groups is 1. The van der Waals surface area contributed by atoms with Gasteiger partial charge in [0.2, 0.25) is 0 Å². The van der Waals surface area contributed by atoms with Crippen molar-refractivity contribution in [3.05, 3.63) is 61.9 Å². The summed E-state index contributed by atoms with van der Waals surface area (Å²) in [4.78, 5) is 17.2. The maximum absolute atomic E-state index is 12.3. The summed E-state index contributed by atoms with van der Waals surface area (Å²) in [6.07, 6.45) is 2.73. The summed E-state index contributed by atoms with van der Waals surface area (Å²) < 4.78 is 5.77. The number of aliphatic imine (C=N–C) groups is 1. The van der Waals surface area contributed by atoms with Gasteiger partial charge in [-0.3, -0.25) is 4.79 Å². The van der Waals surface area contributed by atoms with Gasteiger partial charge < -0.3 is 10.1 Å². The molecule has 0 radical (unpaired) electrons. The predicted octanol–water partition coefficient (Wildman–Crippen LogP) is 6.72. The van der Waals surface area contributed by atoms with Crippen molar-refractivity contribution in [1.29, 1.82) is 0 Å². The molecular formula is C20H17Cl3N2O2S. The van der Waals surface area contributed by atoms with Crippen molar-refractivity contribution in [2.45, 2.75) is 26.4 Å². The third kappa shape index (κ3) is 5.23. The van der Waals surface area contributed by atoms with E-state index < -0.39 is 0 Å². The normalized spacial score (nSPS) is 17.8. The maximum atomic E-state index is 12.3. The molecular weight excluding hydrogens is 439 g/mol. The number of hydrogen-bond acceptors (Lipinski definition) is 4. The summed E-state index contributed by atoms with van der Waals surface area (Å²) in [5, 5.41) is 4.57. The SMILES string of the molecule is CC[C@H](C)Oc1ccc(/C=C2\SC(=Nc3ccc(Cl)c(Cl)c3)NC2=O)cc1Cl. The zero-order valence-electron chi connectivity index (χ0n) is 15.1. The number of hydrogen-bond donors (Lipinski definition) is 1. The van der Waals surface area contributed by atoms with Gasteiger partial charge in [0.15, 0.2) is 5.17 Å². The van der Waals surface area contributed by atoms with Crippen LogP contribution in [0.15, 0.2) is 46.3 Å². The fourth-order valence-electron chi connectivity index (χ4n) is 2.31. The lowest BCUT2D eigenvalue weighted by molar-refractivity contribution is -0.115. The van der Waals surface area contributed by atoms with E-state index in [-0.39, 0.29) is 12.0 Å². The number of nitrogens with one attached hydrogen (secondary N) is 1. The highest BCUT2D eigenvalue weighted by molar-refractivity contribution is 8.18. The second-order valence-electron chi connectivity index (χ2n) is 6.11. The molecule has 1 aliphatic rings. The number of carbonyl (C=O) groups is 1. The van der Waals surface area contributed by atoms with Gasteiger partial charge in [0.25, 0.3) is 5.91 Å². The lowest BCUT2D eigenvalue weighted by Crippen LogP contribution is -2.19. The van der Waals surface area contributed by atoms with E-state index in [0.29, 0.717) is 36.6 Å². The summed E-state index contributed by atoms with van der Waals surface area (Å²) in [7, 11) is 0. The maximum Gasteiger partial charge on any atom is 0.264 e. The third-order valence-corrected chi connectivity index (χ3v) is 5.89. The Morgan fingerprint density at radius 3 is 2.61 bits per heavy atom. The molecule has 0 aliphatic carbocycles. The van der Waals surface area contributed by atoms with E-state index in [2.05, 4.69) is 10.3 Å². The van der Waals surface area contributed by atoms with Crippen LogP contribution in [0.5, 0.6) is 5.75 Å². The Hall–Kier alpha value is -1.66.